The number of hydrogen-bond donors (Lipinski definition) is 1. The lowest BCUT2D eigenvalue weighted by Crippen LogP contribution is -2.35. The maximum absolute atomic E-state index is 12.5. The van der Waals surface area contributed by atoms with E-state index in [9.17, 15) is 4.79 Å². The zero-order valence-electron chi connectivity index (χ0n) is 14.9. The third kappa shape index (κ3) is 3.93. The van der Waals surface area contributed by atoms with E-state index in [4.69, 9.17) is 28.2 Å². The lowest BCUT2D eigenvalue weighted by molar-refractivity contribution is 0.240. The first-order valence-corrected chi connectivity index (χ1v) is 9.60. The molecule has 0 spiro atoms. The molecule has 0 bridgehead atoms. The molecule has 2 heterocycles. The van der Waals surface area contributed by atoms with Crippen LogP contribution >= 0.6 is 23.2 Å². The van der Waals surface area contributed by atoms with Gasteiger partial charge in [-0.15, -0.1) is 0 Å². The quantitative estimate of drug-likeness (QED) is 0.699. The fourth-order valence-corrected chi connectivity index (χ4v) is 3.69. The summed E-state index contributed by atoms with van der Waals surface area (Å²) in [6.07, 6.45) is 0.688. The van der Waals surface area contributed by atoms with Gasteiger partial charge in [-0.05, 0) is 31.0 Å². The van der Waals surface area contributed by atoms with Crippen molar-refractivity contribution < 1.29 is 0 Å². The summed E-state index contributed by atoms with van der Waals surface area (Å²) in [5.41, 5.74) is 4.78. The van der Waals surface area contributed by atoms with E-state index in [1.807, 2.05) is 49.4 Å². The van der Waals surface area contributed by atoms with E-state index in [1.54, 1.807) is 0 Å². The number of H-pyrrole nitrogens is 1. The zero-order valence-corrected chi connectivity index (χ0v) is 16.4. The molecule has 0 aliphatic carbocycles. The topological polar surface area (TPSA) is 49.0 Å². The molecule has 4 rings (SSSR count). The molecule has 0 radical (unpaired) electrons. The molecular formula is C21H19Cl2N3O. The molecule has 3 aromatic rings. The molecule has 0 saturated heterocycles. The molecule has 1 aliphatic rings. The monoisotopic (exact) mass is 399 g/mol. The molecule has 4 nitrogen and oxygen atoms in total. The summed E-state index contributed by atoms with van der Waals surface area (Å²) in [5.74, 6) is 0.620. The Labute approximate surface area is 167 Å². The van der Waals surface area contributed by atoms with Gasteiger partial charge in [0.15, 0.2) is 0 Å². The molecule has 2 aromatic carbocycles. The molecular weight excluding hydrogens is 381 g/mol. The average Bonchev–Trinajstić information content (AvgIpc) is 2.65. The summed E-state index contributed by atoms with van der Waals surface area (Å²) in [4.78, 5) is 22.5. The van der Waals surface area contributed by atoms with E-state index in [2.05, 4.69) is 9.88 Å². The van der Waals surface area contributed by atoms with Crippen molar-refractivity contribution in [2.24, 2.45) is 0 Å². The van der Waals surface area contributed by atoms with Gasteiger partial charge < -0.3 is 4.98 Å². The minimum absolute atomic E-state index is 0.0373. The lowest BCUT2D eigenvalue weighted by Gasteiger charge is -2.27. The van der Waals surface area contributed by atoms with Gasteiger partial charge in [0.25, 0.3) is 5.56 Å². The molecule has 1 N–H and O–H groups in total. The fraction of sp³-hybridized carbons (Fsp3) is 0.238. The van der Waals surface area contributed by atoms with Crippen LogP contribution in [-0.2, 0) is 19.5 Å². The van der Waals surface area contributed by atoms with Crippen LogP contribution in [0.2, 0.25) is 10.0 Å². The van der Waals surface area contributed by atoms with Gasteiger partial charge in [0.2, 0.25) is 0 Å². The van der Waals surface area contributed by atoms with Gasteiger partial charge in [-0.3, -0.25) is 9.69 Å². The summed E-state index contributed by atoms with van der Waals surface area (Å²) < 4.78 is 0. The minimum atomic E-state index is -0.0373. The highest BCUT2D eigenvalue weighted by molar-refractivity contribution is 6.42. The van der Waals surface area contributed by atoms with E-state index in [1.165, 1.54) is 5.56 Å². The van der Waals surface area contributed by atoms with Crippen LogP contribution in [0.4, 0.5) is 0 Å². The number of aromatic nitrogens is 2. The molecule has 27 heavy (non-hydrogen) atoms. The Balaban J connectivity index is 1.60. The second-order valence-corrected chi connectivity index (χ2v) is 7.73. The molecule has 138 valence electrons. The summed E-state index contributed by atoms with van der Waals surface area (Å²) in [5, 5.41) is 1.11. The minimum Gasteiger partial charge on any atom is -0.306 e. The predicted molar refractivity (Wildman–Crippen MR) is 109 cm³/mol. The predicted octanol–water partition coefficient (Wildman–Crippen LogP) is 4.61. The number of hydrogen-bond acceptors (Lipinski definition) is 3. The number of aryl methyl sites for hydroxylation is 1. The van der Waals surface area contributed by atoms with Crippen molar-refractivity contribution in [1.82, 2.24) is 14.9 Å². The van der Waals surface area contributed by atoms with Crippen LogP contribution in [-0.4, -0.2) is 21.4 Å². The average molecular weight is 400 g/mol. The van der Waals surface area contributed by atoms with Crippen molar-refractivity contribution in [3.8, 4) is 11.4 Å². The summed E-state index contributed by atoms with van der Waals surface area (Å²) in [7, 11) is 0. The zero-order chi connectivity index (χ0) is 19.0. The number of nitrogens with zero attached hydrogens (tertiary/aromatic N) is 2. The van der Waals surface area contributed by atoms with Crippen molar-refractivity contribution in [2.75, 3.05) is 6.54 Å². The van der Waals surface area contributed by atoms with Crippen molar-refractivity contribution >= 4 is 23.2 Å². The Morgan fingerprint density at radius 3 is 2.63 bits per heavy atom. The maximum Gasteiger partial charge on any atom is 0.254 e. The van der Waals surface area contributed by atoms with Gasteiger partial charge in [0, 0.05) is 30.8 Å². The van der Waals surface area contributed by atoms with Gasteiger partial charge in [0.1, 0.15) is 5.82 Å². The number of aromatic amines is 1. The normalized spacial score (nSPS) is 14.2. The van der Waals surface area contributed by atoms with E-state index >= 15 is 0 Å². The maximum atomic E-state index is 12.5. The van der Waals surface area contributed by atoms with Gasteiger partial charge in [-0.1, -0.05) is 59.1 Å². The Morgan fingerprint density at radius 2 is 1.89 bits per heavy atom. The number of fused-ring (bicyclic) bond motifs is 1. The molecule has 0 atom stereocenters. The van der Waals surface area contributed by atoms with Crippen LogP contribution in [0.25, 0.3) is 11.4 Å². The highest BCUT2D eigenvalue weighted by atomic mass is 35.5. The summed E-state index contributed by atoms with van der Waals surface area (Å²) in [6, 6.07) is 13.7. The van der Waals surface area contributed by atoms with Crippen molar-refractivity contribution in [1.29, 1.82) is 0 Å². The lowest BCUT2D eigenvalue weighted by atomic mass is 10.0. The SMILES string of the molecule is Cc1ccc(-c2nc3c(c(=O)[nH]2)CCN(Cc2ccc(Cl)c(Cl)c2)C3)cc1. The summed E-state index contributed by atoms with van der Waals surface area (Å²) in [6.45, 7) is 4.22. The first-order valence-electron chi connectivity index (χ1n) is 8.85. The summed E-state index contributed by atoms with van der Waals surface area (Å²) >= 11 is 12.1. The van der Waals surface area contributed by atoms with Crippen LogP contribution in [0.15, 0.2) is 47.3 Å². The Morgan fingerprint density at radius 1 is 1.11 bits per heavy atom. The molecule has 1 aromatic heterocycles. The number of halogens is 2. The highest BCUT2D eigenvalue weighted by Crippen LogP contribution is 2.25. The molecule has 6 heteroatoms. The number of rotatable bonds is 3. The van der Waals surface area contributed by atoms with Crippen molar-refractivity contribution in [3.05, 3.63) is 85.2 Å². The first kappa shape index (κ1) is 18.2. The van der Waals surface area contributed by atoms with Gasteiger partial charge in [-0.25, -0.2) is 4.98 Å². The third-order valence-corrected chi connectivity index (χ3v) is 5.61. The van der Waals surface area contributed by atoms with E-state index < -0.39 is 0 Å². The van der Waals surface area contributed by atoms with E-state index in [0.29, 0.717) is 28.8 Å². The second-order valence-electron chi connectivity index (χ2n) is 6.91. The van der Waals surface area contributed by atoms with Crippen LogP contribution in [0.1, 0.15) is 22.4 Å². The van der Waals surface area contributed by atoms with Crippen molar-refractivity contribution in [3.63, 3.8) is 0 Å². The number of nitrogens with one attached hydrogen (secondary N) is 1. The third-order valence-electron chi connectivity index (χ3n) is 4.87. The number of benzene rings is 2. The smallest absolute Gasteiger partial charge is 0.254 e. The molecule has 0 amide bonds. The van der Waals surface area contributed by atoms with Crippen LogP contribution in [0.3, 0.4) is 0 Å². The molecule has 1 aliphatic heterocycles. The second kappa shape index (κ2) is 7.47. The van der Waals surface area contributed by atoms with Crippen LogP contribution in [0.5, 0.6) is 0 Å². The molecule has 0 unspecified atom stereocenters. The largest absolute Gasteiger partial charge is 0.306 e. The van der Waals surface area contributed by atoms with Crippen LogP contribution in [0, 0.1) is 6.92 Å². The van der Waals surface area contributed by atoms with Gasteiger partial charge in [0.05, 0.1) is 15.7 Å². The van der Waals surface area contributed by atoms with E-state index in [-0.39, 0.29) is 5.56 Å². The standard InChI is InChI=1S/C21H19Cl2N3O/c1-13-2-5-15(6-3-13)20-24-19-12-26(9-8-16(19)21(27)25-20)11-14-4-7-17(22)18(23)10-14/h2-7,10H,8-9,11-12H2,1H3,(H,24,25,27). The Kier molecular flexibility index (Phi) is 5.04. The Hall–Kier alpha value is -2.14. The van der Waals surface area contributed by atoms with Crippen molar-refractivity contribution in [2.45, 2.75) is 26.4 Å². The Bertz CT molecular complexity index is 1040. The molecule has 0 fully saturated rings. The van der Waals surface area contributed by atoms with Gasteiger partial charge in [-0.2, -0.15) is 0 Å². The molecule has 0 saturated carbocycles. The van der Waals surface area contributed by atoms with E-state index in [0.717, 1.165) is 35.5 Å². The van der Waals surface area contributed by atoms with Gasteiger partial charge >= 0.3 is 0 Å². The highest BCUT2D eigenvalue weighted by Gasteiger charge is 2.21. The fourth-order valence-electron chi connectivity index (χ4n) is 3.37. The first-order chi connectivity index (χ1) is 13.0. The van der Waals surface area contributed by atoms with Crippen LogP contribution < -0.4 is 5.56 Å².